The van der Waals surface area contributed by atoms with Crippen LogP contribution < -0.4 is 5.32 Å². The highest BCUT2D eigenvalue weighted by molar-refractivity contribution is 7.80. The van der Waals surface area contributed by atoms with Crippen molar-refractivity contribution < 1.29 is 9.18 Å². The Hall–Kier alpha value is -2.19. The third kappa shape index (κ3) is 3.43. The van der Waals surface area contributed by atoms with Gasteiger partial charge < -0.3 is 5.32 Å². The van der Waals surface area contributed by atoms with Crippen LogP contribution in [0.1, 0.15) is 10.6 Å². The Morgan fingerprint density at radius 1 is 1.35 bits per heavy atom. The van der Waals surface area contributed by atoms with E-state index in [0.717, 1.165) is 4.88 Å². The number of aromatic nitrogens is 3. The SMILES string of the molecule is O=C(NCCS)c1nc(-c2cccs2)n(-c2cccc(F)c2)n1. The molecule has 3 aromatic rings. The van der Waals surface area contributed by atoms with Crippen LogP contribution in [0.15, 0.2) is 41.8 Å². The summed E-state index contributed by atoms with van der Waals surface area (Å²) in [5.41, 5.74) is 0.508. The van der Waals surface area contributed by atoms with Crippen molar-refractivity contribution in [2.45, 2.75) is 0 Å². The van der Waals surface area contributed by atoms with E-state index in [1.54, 1.807) is 12.1 Å². The van der Waals surface area contributed by atoms with Crippen LogP contribution in [0, 0.1) is 5.82 Å². The van der Waals surface area contributed by atoms with Crippen LogP contribution >= 0.6 is 24.0 Å². The largest absolute Gasteiger partial charge is 0.348 e. The fourth-order valence-electron chi connectivity index (χ4n) is 2.01. The second-order valence-corrected chi connectivity index (χ2v) is 6.00. The number of thiophene rings is 1. The fraction of sp³-hybridized carbons (Fsp3) is 0.133. The molecule has 0 radical (unpaired) electrons. The number of nitrogens with zero attached hydrogens (tertiary/aromatic N) is 3. The van der Waals surface area contributed by atoms with Gasteiger partial charge in [0.2, 0.25) is 5.82 Å². The molecule has 0 fully saturated rings. The maximum absolute atomic E-state index is 13.5. The van der Waals surface area contributed by atoms with E-state index in [1.165, 1.54) is 28.2 Å². The first-order valence-electron chi connectivity index (χ1n) is 6.85. The van der Waals surface area contributed by atoms with Gasteiger partial charge in [-0.2, -0.15) is 12.6 Å². The Balaban J connectivity index is 2.06. The predicted octanol–water partition coefficient (Wildman–Crippen LogP) is 2.79. The summed E-state index contributed by atoms with van der Waals surface area (Å²) in [4.78, 5) is 17.2. The highest BCUT2D eigenvalue weighted by Gasteiger charge is 2.19. The van der Waals surface area contributed by atoms with Gasteiger partial charge in [-0.3, -0.25) is 4.79 Å². The van der Waals surface area contributed by atoms with Crippen LogP contribution in [0.5, 0.6) is 0 Å². The first-order valence-corrected chi connectivity index (χ1v) is 8.36. The number of hydrogen-bond donors (Lipinski definition) is 2. The third-order valence-electron chi connectivity index (χ3n) is 3.00. The molecule has 0 unspecified atom stereocenters. The topological polar surface area (TPSA) is 59.8 Å². The number of nitrogens with one attached hydrogen (secondary N) is 1. The van der Waals surface area contributed by atoms with E-state index in [9.17, 15) is 9.18 Å². The summed E-state index contributed by atoms with van der Waals surface area (Å²) in [5, 5.41) is 8.82. The van der Waals surface area contributed by atoms with Gasteiger partial charge in [0.15, 0.2) is 5.82 Å². The van der Waals surface area contributed by atoms with E-state index in [0.29, 0.717) is 23.8 Å². The molecule has 2 heterocycles. The zero-order valence-electron chi connectivity index (χ0n) is 11.9. The monoisotopic (exact) mass is 348 g/mol. The summed E-state index contributed by atoms with van der Waals surface area (Å²) >= 11 is 5.52. The first kappa shape index (κ1) is 15.7. The molecular formula is C15H13FN4OS2. The van der Waals surface area contributed by atoms with E-state index in [-0.39, 0.29) is 17.5 Å². The van der Waals surface area contributed by atoms with Crippen molar-refractivity contribution in [3.05, 3.63) is 53.4 Å². The first-order chi connectivity index (χ1) is 11.2. The van der Waals surface area contributed by atoms with Gasteiger partial charge >= 0.3 is 0 Å². The van der Waals surface area contributed by atoms with E-state index >= 15 is 0 Å². The number of rotatable bonds is 5. The molecule has 0 saturated carbocycles. The molecule has 1 N–H and O–H groups in total. The van der Waals surface area contributed by atoms with Crippen LogP contribution in [-0.2, 0) is 0 Å². The normalized spacial score (nSPS) is 10.7. The number of benzene rings is 1. The van der Waals surface area contributed by atoms with Crippen molar-refractivity contribution in [3.63, 3.8) is 0 Å². The van der Waals surface area contributed by atoms with Gasteiger partial charge in [0, 0.05) is 12.3 Å². The second kappa shape index (κ2) is 6.93. The predicted molar refractivity (Wildman–Crippen MR) is 90.8 cm³/mol. The Labute approximate surface area is 141 Å². The number of hydrogen-bond acceptors (Lipinski definition) is 5. The molecule has 23 heavy (non-hydrogen) atoms. The van der Waals surface area contributed by atoms with E-state index in [1.807, 2.05) is 17.5 Å². The lowest BCUT2D eigenvalue weighted by atomic mass is 10.3. The molecule has 0 bridgehead atoms. The summed E-state index contributed by atoms with van der Waals surface area (Å²) in [6.45, 7) is 0.421. The van der Waals surface area contributed by atoms with Gasteiger partial charge in [0.05, 0.1) is 10.6 Å². The Morgan fingerprint density at radius 2 is 2.22 bits per heavy atom. The van der Waals surface area contributed by atoms with Crippen LogP contribution in [0.3, 0.4) is 0 Å². The zero-order valence-corrected chi connectivity index (χ0v) is 13.6. The average Bonchev–Trinajstić information content (AvgIpc) is 3.21. The molecule has 5 nitrogen and oxygen atoms in total. The number of carbonyl (C=O) groups is 1. The van der Waals surface area contributed by atoms with Crippen molar-refractivity contribution in [3.8, 4) is 16.4 Å². The molecule has 0 aliphatic rings. The molecule has 0 aliphatic carbocycles. The quantitative estimate of drug-likeness (QED) is 0.697. The lowest BCUT2D eigenvalue weighted by Gasteiger charge is -2.04. The van der Waals surface area contributed by atoms with Crippen LogP contribution in [0.2, 0.25) is 0 Å². The molecule has 0 saturated heterocycles. The summed E-state index contributed by atoms with van der Waals surface area (Å²) < 4.78 is 15.0. The summed E-state index contributed by atoms with van der Waals surface area (Å²) in [6, 6.07) is 9.76. The summed E-state index contributed by atoms with van der Waals surface area (Å²) in [7, 11) is 0. The van der Waals surface area contributed by atoms with Gasteiger partial charge in [-0.15, -0.1) is 16.4 Å². The van der Waals surface area contributed by atoms with Crippen LogP contribution in [-0.4, -0.2) is 33.0 Å². The molecule has 3 rings (SSSR count). The van der Waals surface area contributed by atoms with Gasteiger partial charge in [-0.1, -0.05) is 12.1 Å². The molecule has 1 aromatic carbocycles. The van der Waals surface area contributed by atoms with E-state index in [4.69, 9.17) is 0 Å². The van der Waals surface area contributed by atoms with Crippen molar-refractivity contribution in [1.29, 1.82) is 0 Å². The maximum atomic E-state index is 13.5. The minimum absolute atomic E-state index is 0.0412. The molecular weight excluding hydrogens is 335 g/mol. The highest BCUT2D eigenvalue weighted by atomic mass is 32.1. The average molecular weight is 348 g/mol. The van der Waals surface area contributed by atoms with Crippen molar-refractivity contribution in [2.24, 2.45) is 0 Å². The van der Waals surface area contributed by atoms with Crippen molar-refractivity contribution in [1.82, 2.24) is 20.1 Å². The highest BCUT2D eigenvalue weighted by Crippen LogP contribution is 2.25. The molecule has 8 heteroatoms. The molecule has 0 aliphatic heterocycles. The minimum atomic E-state index is -0.382. The molecule has 0 spiro atoms. The van der Waals surface area contributed by atoms with Crippen molar-refractivity contribution >= 4 is 29.9 Å². The van der Waals surface area contributed by atoms with Gasteiger partial charge in [0.1, 0.15) is 5.82 Å². The Kier molecular flexibility index (Phi) is 4.73. The number of halogens is 1. The van der Waals surface area contributed by atoms with Gasteiger partial charge in [-0.05, 0) is 29.6 Å². The maximum Gasteiger partial charge on any atom is 0.291 e. The van der Waals surface area contributed by atoms with Gasteiger partial charge in [-0.25, -0.2) is 14.1 Å². The molecule has 0 atom stereocenters. The number of amides is 1. The number of carbonyl (C=O) groups excluding carboxylic acids is 1. The smallest absolute Gasteiger partial charge is 0.291 e. The van der Waals surface area contributed by atoms with E-state index < -0.39 is 0 Å². The molecule has 118 valence electrons. The zero-order chi connectivity index (χ0) is 16.2. The third-order valence-corrected chi connectivity index (χ3v) is 4.09. The van der Waals surface area contributed by atoms with Crippen LogP contribution in [0.25, 0.3) is 16.4 Å². The van der Waals surface area contributed by atoms with E-state index in [2.05, 4.69) is 28.0 Å². The fourth-order valence-corrected chi connectivity index (χ4v) is 2.82. The standard InChI is InChI=1S/C15H13FN4OS2/c16-10-3-1-4-11(9-10)20-14(12-5-2-8-23-12)18-13(19-20)15(21)17-6-7-22/h1-5,8-9,22H,6-7H2,(H,17,21). The number of thiol groups is 1. The molecule has 1 amide bonds. The van der Waals surface area contributed by atoms with Crippen LogP contribution in [0.4, 0.5) is 4.39 Å². The molecule has 2 aromatic heterocycles. The second-order valence-electron chi connectivity index (χ2n) is 4.61. The summed E-state index contributed by atoms with van der Waals surface area (Å²) in [5.74, 6) is 0.304. The minimum Gasteiger partial charge on any atom is -0.348 e. The van der Waals surface area contributed by atoms with Gasteiger partial charge in [0.25, 0.3) is 5.91 Å². The van der Waals surface area contributed by atoms with Crippen molar-refractivity contribution in [2.75, 3.05) is 12.3 Å². The summed E-state index contributed by atoms with van der Waals surface area (Å²) in [6.07, 6.45) is 0. The Bertz CT molecular complexity index is 817. The Morgan fingerprint density at radius 3 is 2.91 bits per heavy atom. The lowest BCUT2D eigenvalue weighted by Crippen LogP contribution is -2.26. The lowest BCUT2D eigenvalue weighted by molar-refractivity contribution is 0.0946.